The number of ether oxygens (including phenoxy) is 1. The minimum atomic E-state index is -0.906. The number of nitrogens with zero attached hydrogens (tertiary/aromatic N) is 1. The van der Waals surface area contributed by atoms with Gasteiger partial charge >= 0.3 is 12.1 Å². The van der Waals surface area contributed by atoms with Gasteiger partial charge in [0, 0.05) is 37.4 Å². The third-order valence-corrected chi connectivity index (χ3v) is 6.92. The predicted molar refractivity (Wildman–Crippen MR) is 137 cm³/mol. The monoisotopic (exact) mass is 507 g/mol. The van der Waals surface area contributed by atoms with Crippen LogP contribution in [0, 0.1) is 17.6 Å². The second-order valence-electron chi connectivity index (χ2n) is 9.21. The Kier molecular flexibility index (Phi) is 8.38. The standard InChI is InChI=1S/C29H31F2N3O3/c1-2-33-29(36)34-17-16-25(37-28(32)35)27(24(34)18-19-6-4-3-5-7-19)26(20-8-12-22(30)13-9-20)21-10-14-23(31)15-11-21/h3-15,24-27H,2,16-18H2,1H3,(H2,32,35)(H,33,36)/t24-,25?,27+/m1/s1. The lowest BCUT2D eigenvalue weighted by Crippen LogP contribution is -2.59. The summed E-state index contributed by atoms with van der Waals surface area (Å²) in [7, 11) is 0. The highest BCUT2D eigenvalue weighted by molar-refractivity contribution is 5.75. The van der Waals surface area contributed by atoms with Crippen LogP contribution in [0.5, 0.6) is 0 Å². The van der Waals surface area contributed by atoms with Crippen molar-refractivity contribution in [3.05, 3.63) is 107 Å². The summed E-state index contributed by atoms with van der Waals surface area (Å²) in [6.07, 6.45) is -0.677. The molecular weight excluding hydrogens is 476 g/mol. The van der Waals surface area contributed by atoms with Crippen molar-refractivity contribution in [3.63, 3.8) is 0 Å². The van der Waals surface area contributed by atoms with Crippen LogP contribution in [0.2, 0.25) is 0 Å². The van der Waals surface area contributed by atoms with E-state index in [4.69, 9.17) is 10.5 Å². The Bertz CT molecular complexity index is 1140. The fourth-order valence-corrected chi connectivity index (χ4v) is 5.39. The van der Waals surface area contributed by atoms with Gasteiger partial charge in [0.25, 0.3) is 0 Å². The smallest absolute Gasteiger partial charge is 0.404 e. The number of carbonyl (C=O) groups is 2. The summed E-state index contributed by atoms with van der Waals surface area (Å²) in [4.78, 5) is 27.0. The molecule has 0 aromatic heterocycles. The first-order valence-electron chi connectivity index (χ1n) is 12.4. The maximum atomic E-state index is 13.9. The number of carbonyl (C=O) groups excluding carboxylic acids is 2. The fraction of sp³-hybridized carbons (Fsp3) is 0.310. The van der Waals surface area contributed by atoms with E-state index in [-0.39, 0.29) is 17.7 Å². The van der Waals surface area contributed by atoms with Gasteiger partial charge in [-0.1, -0.05) is 54.6 Å². The van der Waals surface area contributed by atoms with Gasteiger partial charge in [0.15, 0.2) is 0 Å². The van der Waals surface area contributed by atoms with Crippen molar-refractivity contribution in [2.24, 2.45) is 11.7 Å². The van der Waals surface area contributed by atoms with Crippen LogP contribution < -0.4 is 11.1 Å². The molecule has 6 nitrogen and oxygen atoms in total. The molecule has 0 aliphatic carbocycles. The van der Waals surface area contributed by atoms with Gasteiger partial charge < -0.3 is 20.7 Å². The molecule has 4 rings (SSSR count). The molecule has 3 atom stereocenters. The lowest BCUT2D eigenvalue weighted by molar-refractivity contribution is -0.0152. The van der Waals surface area contributed by atoms with Gasteiger partial charge in [-0.2, -0.15) is 0 Å². The number of likely N-dealkylation sites (tertiary alicyclic amines) is 1. The number of halogens is 2. The summed E-state index contributed by atoms with van der Waals surface area (Å²) >= 11 is 0. The SMILES string of the molecule is CCNC(=O)N1CCC(OC(N)=O)[C@@H](C(c2ccc(F)cc2)c2ccc(F)cc2)[C@H]1Cc1ccccc1. The van der Waals surface area contributed by atoms with Crippen LogP contribution in [-0.2, 0) is 11.2 Å². The maximum Gasteiger partial charge on any atom is 0.404 e. The fourth-order valence-electron chi connectivity index (χ4n) is 5.39. The minimum Gasteiger partial charge on any atom is -0.446 e. The van der Waals surface area contributed by atoms with Crippen molar-refractivity contribution in [1.82, 2.24) is 10.2 Å². The Morgan fingerprint density at radius 1 is 0.973 bits per heavy atom. The van der Waals surface area contributed by atoms with Crippen molar-refractivity contribution < 1.29 is 23.1 Å². The second kappa shape index (κ2) is 11.9. The Hall–Kier alpha value is -3.94. The molecular formula is C29H31F2N3O3. The molecule has 37 heavy (non-hydrogen) atoms. The number of rotatable bonds is 7. The number of hydrogen-bond acceptors (Lipinski definition) is 3. The number of nitrogens with two attached hydrogens (primary N) is 1. The summed E-state index contributed by atoms with van der Waals surface area (Å²) in [6, 6.07) is 21.3. The highest BCUT2D eigenvalue weighted by Gasteiger charge is 2.46. The van der Waals surface area contributed by atoms with Gasteiger partial charge in [0.1, 0.15) is 17.7 Å². The quantitative estimate of drug-likeness (QED) is 0.460. The van der Waals surface area contributed by atoms with Gasteiger partial charge in [-0.05, 0) is 54.3 Å². The molecule has 3 N–H and O–H groups in total. The van der Waals surface area contributed by atoms with Crippen molar-refractivity contribution in [1.29, 1.82) is 0 Å². The Morgan fingerprint density at radius 3 is 2.05 bits per heavy atom. The topological polar surface area (TPSA) is 84.7 Å². The zero-order valence-corrected chi connectivity index (χ0v) is 20.6. The van der Waals surface area contributed by atoms with Gasteiger partial charge in [-0.15, -0.1) is 0 Å². The summed E-state index contributed by atoms with van der Waals surface area (Å²) in [5, 5.41) is 2.90. The van der Waals surface area contributed by atoms with E-state index < -0.39 is 30.1 Å². The first-order valence-corrected chi connectivity index (χ1v) is 12.4. The molecule has 1 aliphatic rings. The van der Waals surface area contributed by atoms with E-state index in [0.29, 0.717) is 25.9 Å². The Morgan fingerprint density at radius 2 is 1.54 bits per heavy atom. The molecule has 1 unspecified atom stereocenters. The molecule has 1 heterocycles. The van der Waals surface area contributed by atoms with E-state index in [1.807, 2.05) is 37.3 Å². The van der Waals surface area contributed by atoms with Gasteiger partial charge in [-0.25, -0.2) is 18.4 Å². The normalized spacial score (nSPS) is 19.5. The molecule has 1 saturated heterocycles. The molecule has 1 fully saturated rings. The Balaban J connectivity index is 1.89. The van der Waals surface area contributed by atoms with Crippen LogP contribution in [0.3, 0.4) is 0 Å². The van der Waals surface area contributed by atoms with E-state index in [1.165, 1.54) is 24.3 Å². The lowest BCUT2D eigenvalue weighted by Gasteiger charge is -2.48. The van der Waals surface area contributed by atoms with Gasteiger partial charge in [-0.3, -0.25) is 0 Å². The van der Waals surface area contributed by atoms with E-state index in [2.05, 4.69) is 5.32 Å². The second-order valence-corrected chi connectivity index (χ2v) is 9.21. The third-order valence-electron chi connectivity index (χ3n) is 6.92. The van der Waals surface area contributed by atoms with E-state index in [9.17, 15) is 18.4 Å². The van der Waals surface area contributed by atoms with Crippen molar-refractivity contribution in [2.75, 3.05) is 13.1 Å². The lowest BCUT2D eigenvalue weighted by atomic mass is 9.70. The molecule has 3 aromatic carbocycles. The third kappa shape index (κ3) is 6.25. The van der Waals surface area contributed by atoms with Gasteiger partial charge in [0.2, 0.25) is 0 Å². The summed E-state index contributed by atoms with van der Waals surface area (Å²) in [5.41, 5.74) is 8.01. The highest BCUT2D eigenvalue weighted by atomic mass is 19.1. The summed E-state index contributed by atoms with van der Waals surface area (Å²) in [5.74, 6) is -1.68. The molecule has 3 aromatic rings. The largest absolute Gasteiger partial charge is 0.446 e. The van der Waals surface area contributed by atoms with Crippen LogP contribution in [0.15, 0.2) is 78.9 Å². The summed E-state index contributed by atoms with van der Waals surface area (Å²) in [6.45, 7) is 2.67. The first-order chi connectivity index (χ1) is 17.9. The first kappa shape index (κ1) is 26.1. The molecule has 3 amide bonds. The minimum absolute atomic E-state index is 0.220. The molecule has 0 spiro atoms. The zero-order chi connectivity index (χ0) is 26.4. The predicted octanol–water partition coefficient (Wildman–Crippen LogP) is 5.22. The van der Waals surface area contributed by atoms with E-state index in [0.717, 1.165) is 16.7 Å². The van der Waals surface area contributed by atoms with Crippen LogP contribution in [0.4, 0.5) is 18.4 Å². The number of amides is 3. The number of nitrogens with one attached hydrogen (secondary N) is 1. The van der Waals surface area contributed by atoms with Crippen molar-refractivity contribution in [3.8, 4) is 0 Å². The Labute approximate surface area is 215 Å². The molecule has 0 bridgehead atoms. The zero-order valence-electron chi connectivity index (χ0n) is 20.6. The number of urea groups is 1. The number of piperidine rings is 1. The van der Waals surface area contributed by atoms with Crippen LogP contribution in [0.1, 0.15) is 36.0 Å². The summed E-state index contributed by atoms with van der Waals surface area (Å²) < 4.78 is 33.5. The van der Waals surface area contributed by atoms with E-state index >= 15 is 0 Å². The molecule has 194 valence electrons. The van der Waals surface area contributed by atoms with Gasteiger partial charge in [0.05, 0.1) is 0 Å². The van der Waals surface area contributed by atoms with Crippen LogP contribution >= 0.6 is 0 Å². The average molecular weight is 508 g/mol. The average Bonchev–Trinajstić information content (AvgIpc) is 2.88. The number of hydrogen-bond donors (Lipinski definition) is 2. The molecule has 0 saturated carbocycles. The van der Waals surface area contributed by atoms with E-state index in [1.54, 1.807) is 29.2 Å². The number of benzene rings is 3. The highest BCUT2D eigenvalue weighted by Crippen LogP contribution is 2.43. The van der Waals surface area contributed by atoms with Crippen molar-refractivity contribution >= 4 is 12.1 Å². The number of primary amides is 1. The molecule has 1 aliphatic heterocycles. The molecule has 8 heteroatoms. The van der Waals surface area contributed by atoms with Crippen LogP contribution in [0.25, 0.3) is 0 Å². The molecule has 0 radical (unpaired) electrons. The maximum absolute atomic E-state index is 13.9. The van der Waals surface area contributed by atoms with Crippen LogP contribution in [-0.4, -0.2) is 42.3 Å². The van der Waals surface area contributed by atoms with Crippen molar-refractivity contribution in [2.45, 2.75) is 37.8 Å².